The molecule has 1 aromatic carbocycles. The molecule has 0 aliphatic carbocycles. The minimum Gasteiger partial charge on any atom is -0.328 e. The molecule has 5 heteroatoms. The molecule has 1 atom stereocenters. The van der Waals surface area contributed by atoms with Gasteiger partial charge in [-0.15, -0.1) is 11.3 Å². The molecule has 0 amide bonds. The largest absolute Gasteiger partial charge is 0.328 e. The average Bonchev–Trinajstić information content (AvgIpc) is 3.01. The van der Waals surface area contributed by atoms with E-state index < -0.39 is 0 Å². The number of nitrogens with zero attached hydrogens (tertiary/aromatic N) is 2. The predicted octanol–water partition coefficient (Wildman–Crippen LogP) is 3.89. The summed E-state index contributed by atoms with van der Waals surface area (Å²) in [7, 11) is 0. The zero-order chi connectivity index (χ0) is 14.8. The van der Waals surface area contributed by atoms with Crippen LogP contribution in [0.25, 0.3) is 4.96 Å². The lowest BCUT2D eigenvalue weighted by molar-refractivity contribution is 0.706. The highest BCUT2D eigenvalue weighted by Gasteiger charge is 2.15. The molecule has 0 saturated carbocycles. The molecule has 3 nitrogen and oxygen atoms in total. The molecule has 0 spiro atoms. The molecule has 0 saturated heterocycles. The lowest BCUT2D eigenvalue weighted by atomic mass is 10.1. The number of rotatable bonds is 5. The van der Waals surface area contributed by atoms with Crippen LogP contribution < -0.4 is 5.73 Å². The lowest BCUT2D eigenvalue weighted by Gasteiger charge is -2.08. The minimum absolute atomic E-state index is 0.141. The number of thioether (sulfide) groups is 1. The Bertz CT molecular complexity index is 743. The molecule has 0 aliphatic heterocycles. The van der Waals surface area contributed by atoms with Crippen molar-refractivity contribution >= 4 is 28.1 Å². The van der Waals surface area contributed by atoms with Crippen LogP contribution in [0, 0.1) is 6.92 Å². The van der Waals surface area contributed by atoms with E-state index in [0.717, 1.165) is 22.2 Å². The summed E-state index contributed by atoms with van der Waals surface area (Å²) in [5, 5.41) is 3.19. The summed E-state index contributed by atoms with van der Waals surface area (Å²) < 4.78 is 2.17. The standard InChI is InChI=1S/C16H19N3S2/c1-11-5-3-4-6-13(11)10-21-15-14(9-12(2)17)19-7-8-20-16(19)18-15/h3-8,12H,9-10,17H2,1-2H3. The maximum atomic E-state index is 6.00. The first-order valence-corrected chi connectivity index (χ1v) is 8.89. The number of aryl methyl sites for hydroxylation is 1. The van der Waals surface area contributed by atoms with Crippen molar-refractivity contribution in [3.05, 3.63) is 52.7 Å². The molecule has 2 N–H and O–H groups in total. The van der Waals surface area contributed by atoms with Crippen LogP contribution in [0.3, 0.4) is 0 Å². The summed E-state index contributed by atoms with van der Waals surface area (Å²) in [6, 6.07) is 8.66. The summed E-state index contributed by atoms with van der Waals surface area (Å²) in [5.41, 5.74) is 9.93. The van der Waals surface area contributed by atoms with Crippen molar-refractivity contribution in [3.63, 3.8) is 0 Å². The first-order chi connectivity index (χ1) is 10.1. The van der Waals surface area contributed by atoms with Crippen LogP contribution in [0.5, 0.6) is 0 Å². The molecule has 0 fully saturated rings. The van der Waals surface area contributed by atoms with Crippen molar-refractivity contribution in [2.45, 2.75) is 37.1 Å². The average molecular weight is 317 g/mol. The number of thiazole rings is 1. The van der Waals surface area contributed by atoms with Gasteiger partial charge in [0.05, 0.1) is 5.69 Å². The molecule has 1 unspecified atom stereocenters. The number of fused-ring (bicyclic) bond motifs is 1. The van der Waals surface area contributed by atoms with Gasteiger partial charge in [-0.05, 0) is 25.0 Å². The normalized spacial score (nSPS) is 12.9. The lowest BCUT2D eigenvalue weighted by Crippen LogP contribution is -2.19. The van der Waals surface area contributed by atoms with E-state index in [2.05, 4.69) is 47.2 Å². The van der Waals surface area contributed by atoms with E-state index in [9.17, 15) is 0 Å². The Morgan fingerprint density at radius 3 is 2.95 bits per heavy atom. The van der Waals surface area contributed by atoms with Gasteiger partial charge in [-0.3, -0.25) is 4.40 Å². The summed E-state index contributed by atoms with van der Waals surface area (Å²) in [5.74, 6) is 0.948. The van der Waals surface area contributed by atoms with Gasteiger partial charge in [0.25, 0.3) is 0 Å². The Hall–Kier alpha value is -1.30. The van der Waals surface area contributed by atoms with Crippen molar-refractivity contribution < 1.29 is 0 Å². The van der Waals surface area contributed by atoms with Gasteiger partial charge in [0.15, 0.2) is 4.96 Å². The monoisotopic (exact) mass is 317 g/mol. The molecule has 3 rings (SSSR count). The van der Waals surface area contributed by atoms with Crippen LogP contribution in [0.4, 0.5) is 0 Å². The maximum Gasteiger partial charge on any atom is 0.194 e. The molecule has 21 heavy (non-hydrogen) atoms. The number of hydrogen-bond acceptors (Lipinski definition) is 4. The zero-order valence-electron chi connectivity index (χ0n) is 12.2. The molecule has 110 valence electrons. The Morgan fingerprint density at radius 1 is 1.38 bits per heavy atom. The molecular formula is C16H19N3S2. The molecule has 0 bridgehead atoms. The third kappa shape index (κ3) is 3.15. The van der Waals surface area contributed by atoms with Crippen LogP contribution in [-0.4, -0.2) is 15.4 Å². The second-order valence-electron chi connectivity index (χ2n) is 5.32. The highest BCUT2D eigenvalue weighted by molar-refractivity contribution is 7.98. The quantitative estimate of drug-likeness (QED) is 0.726. The number of hydrogen-bond donors (Lipinski definition) is 1. The second-order valence-corrected chi connectivity index (χ2v) is 7.15. The first kappa shape index (κ1) is 14.6. The van der Waals surface area contributed by atoms with E-state index in [-0.39, 0.29) is 6.04 Å². The zero-order valence-corrected chi connectivity index (χ0v) is 13.9. The van der Waals surface area contributed by atoms with Crippen LogP contribution in [0.2, 0.25) is 0 Å². The molecule has 3 aromatic rings. The van der Waals surface area contributed by atoms with Gasteiger partial charge in [-0.1, -0.05) is 36.0 Å². The van der Waals surface area contributed by atoms with Gasteiger partial charge in [-0.2, -0.15) is 0 Å². The minimum atomic E-state index is 0.141. The Morgan fingerprint density at radius 2 is 2.19 bits per heavy atom. The van der Waals surface area contributed by atoms with Gasteiger partial charge in [0.2, 0.25) is 0 Å². The van der Waals surface area contributed by atoms with Crippen molar-refractivity contribution in [2.24, 2.45) is 5.73 Å². The third-order valence-corrected chi connectivity index (χ3v) is 5.28. The fraction of sp³-hybridized carbons (Fsp3) is 0.312. The van der Waals surface area contributed by atoms with Crippen LogP contribution in [0.15, 0.2) is 40.9 Å². The van der Waals surface area contributed by atoms with Crippen molar-refractivity contribution in [2.75, 3.05) is 0 Å². The predicted molar refractivity (Wildman–Crippen MR) is 91.2 cm³/mol. The van der Waals surface area contributed by atoms with Gasteiger partial charge in [0, 0.05) is 29.8 Å². The van der Waals surface area contributed by atoms with Crippen LogP contribution >= 0.6 is 23.1 Å². The first-order valence-electron chi connectivity index (χ1n) is 7.02. The van der Waals surface area contributed by atoms with E-state index >= 15 is 0 Å². The SMILES string of the molecule is Cc1ccccc1CSc1nc2sccn2c1CC(C)N. The number of benzene rings is 1. The van der Waals surface area contributed by atoms with Crippen molar-refractivity contribution in [1.82, 2.24) is 9.38 Å². The smallest absolute Gasteiger partial charge is 0.194 e. The summed E-state index contributed by atoms with van der Waals surface area (Å²) in [6.07, 6.45) is 2.94. The van der Waals surface area contributed by atoms with Gasteiger partial charge in [0.1, 0.15) is 5.03 Å². The second kappa shape index (κ2) is 6.22. The molecule has 0 aliphatic rings. The summed E-state index contributed by atoms with van der Waals surface area (Å²) >= 11 is 3.48. The van der Waals surface area contributed by atoms with E-state index in [1.165, 1.54) is 16.8 Å². The van der Waals surface area contributed by atoms with E-state index in [1.54, 1.807) is 23.1 Å². The molecular weight excluding hydrogens is 298 g/mol. The van der Waals surface area contributed by atoms with Gasteiger partial charge >= 0.3 is 0 Å². The number of nitrogens with two attached hydrogens (primary N) is 1. The third-order valence-electron chi connectivity index (χ3n) is 3.47. The van der Waals surface area contributed by atoms with Gasteiger partial charge < -0.3 is 5.73 Å². The van der Waals surface area contributed by atoms with Gasteiger partial charge in [-0.25, -0.2) is 4.98 Å². The van der Waals surface area contributed by atoms with E-state index in [4.69, 9.17) is 10.7 Å². The topological polar surface area (TPSA) is 43.3 Å². The number of imidazole rings is 1. The summed E-state index contributed by atoms with van der Waals surface area (Å²) in [4.78, 5) is 5.81. The van der Waals surface area contributed by atoms with E-state index in [1.807, 2.05) is 6.92 Å². The number of aromatic nitrogens is 2. The van der Waals surface area contributed by atoms with Crippen molar-refractivity contribution in [3.8, 4) is 0 Å². The molecule has 0 radical (unpaired) electrons. The molecule has 2 heterocycles. The Kier molecular flexibility index (Phi) is 4.33. The van der Waals surface area contributed by atoms with Crippen LogP contribution in [0.1, 0.15) is 23.7 Å². The highest BCUT2D eigenvalue weighted by atomic mass is 32.2. The Balaban J connectivity index is 1.86. The maximum absolute atomic E-state index is 6.00. The fourth-order valence-electron chi connectivity index (χ4n) is 2.34. The highest BCUT2D eigenvalue weighted by Crippen LogP contribution is 2.29. The fourth-order valence-corrected chi connectivity index (χ4v) is 4.24. The summed E-state index contributed by atoms with van der Waals surface area (Å²) in [6.45, 7) is 4.20. The van der Waals surface area contributed by atoms with Crippen LogP contribution in [-0.2, 0) is 12.2 Å². The van der Waals surface area contributed by atoms with E-state index in [0.29, 0.717) is 0 Å². The molecule has 2 aromatic heterocycles. The van der Waals surface area contributed by atoms with Crippen molar-refractivity contribution in [1.29, 1.82) is 0 Å². The Labute approximate surface area is 133 Å².